The van der Waals surface area contributed by atoms with E-state index in [-0.39, 0.29) is 17.1 Å². The third kappa shape index (κ3) is 2.28. The van der Waals surface area contributed by atoms with Crippen LogP contribution in [0.5, 0.6) is 0 Å². The number of aliphatic carboxylic acids is 1. The van der Waals surface area contributed by atoms with Crippen molar-refractivity contribution in [2.75, 3.05) is 0 Å². The Morgan fingerprint density at radius 3 is 2.63 bits per heavy atom. The molecule has 0 aliphatic heterocycles. The predicted molar refractivity (Wildman–Crippen MR) is 57.3 cm³/mol. The standard InChI is InChI=1S/C11H8F3N3O2/c1-5-7(4-9(18)19)15-16-17(5)8-3-2-6(12)10(13)11(8)14/h2-3H,4H2,1H3,(H,18,19). The van der Waals surface area contributed by atoms with Crippen molar-refractivity contribution in [2.24, 2.45) is 0 Å². The summed E-state index contributed by atoms with van der Waals surface area (Å²) in [5.41, 5.74) is 0.0319. The van der Waals surface area contributed by atoms with Gasteiger partial charge in [-0.2, -0.15) is 0 Å². The molecule has 0 bridgehead atoms. The van der Waals surface area contributed by atoms with Crippen LogP contribution in [0, 0.1) is 24.4 Å². The number of halogens is 3. The molecule has 0 fully saturated rings. The van der Waals surface area contributed by atoms with Gasteiger partial charge in [-0.25, -0.2) is 17.9 Å². The van der Waals surface area contributed by atoms with E-state index in [1.807, 2.05) is 0 Å². The molecule has 0 saturated carbocycles. The van der Waals surface area contributed by atoms with Crippen LogP contribution in [0.1, 0.15) is 11.4 Å². The highest BCUT2D eigenvalue weighted by atomic mass is 19.2. The van der Waals surface area contributed by atoms with Gasteiger partial charge in [-0.15, -0.1) is 5.10 Å². The summed E-state index contributed by atoms with van der Waals surface area (Å²) in [6.45, 7) is 1.46. The first-order valence-electron chi connectivity index (χ1n) is 5.18. The maximum atomic E-state index is 13.6. The maximum Gasteiger partial charge on any atom is 0.309 e. The van der Waals surface area contributed by atoms with Crippen molar-refractivity contribution in [3.8, 4) is 5.69 Å². The molecule has 2 aromatic rings. The molecule has 0 spiro atoms. The highest BCUT2D eigenvalue weighted by molar-refractivity contribution is 5.69. The van der Waals surface area contributed by atoms with Crippen molar-refractivity contribution in [3.63, 3.8) is 0 Å². The summed E-state index contributed by atoms with van der Waals surface area (Å²) >= 11 is 0. The molecule has 5 nitrogen and oxygen atoms in total. The van der Waals surface area contributed by atoms with Crippen LogP contribution in [-0.4, -0.2) is 26.1 Å². The van der Waals surface area contributed by atoms with E-state index in [4.69, 9.17) is 5.11 Å². The lowest BCUT2D eigenvalue weighted by Gasteiger charge is -2.06. The van der Waals surface area contributed by atoms with Crippen LogP contribution in [0.2, 0.25) is 0 Å². The molecule has 0 radical (unpaired) electrons. The minimum absolute atomic E-state index is 0.122. The molecule has 0 saturated heterocycles. The first-order chi connectivity index (χ1) is 8.91. The van der Waals surface area contributed by atoms with E-state index in [0.717, 1.165) is 16.8 Å². The van der Waals surface area contributed by atoms with Crippen LogP contribution >= 0.6 is 0 Å². The van der Waals surface area contributed by atoms with E-state index < -0.39 is 29.8 Å². The second-order valence-corrected chi connectivity index (χ2v) is 3.80. The molecule has 1 heterocycles. The molecule has 0 atom stereocenters. The summed E-state index contributed by atoms with van der Waals surface area (Å²) in [5, 5.41) is 15.8. The third-order valence-electron chi connectivity index (χ3n) is 2.55. The summed E-state index contributed by atoms with van der Waals surface area (Å²) in [4.78, 5) is 10.6. The SMILES string of the molecule is Cc1c(CC(=O)O)nnn1-c1ccc(F)c(F)c1F. The topological polar surface area (TPSA) is 68.0 Å². The van der Waals surface area contributed by atoms with Gasteiger partial charge in [0.15, 0.2) is 17.5 Å². The van der Waals surface area contributed by atoms with Gasteiger partial charge in [-0.1, -0.05) is 5.21 Å². The van der Waals surface area contributed by atoms with Gasteiger partial charge >= 0.3 is 5.97 Å². The molecular formula is C11H8F3N3O2. The number of benzene rings is 1. The Kier molecular flexibility index (Phi) is 3.24. The van der Waals surface area contributed by atoms with Gasteiger partial charge in [0.05, 0.1) is 17.8 Å². The molecule has 0 amide bonds. The summed E-state index contributed by atoms with van der Waals surface area (Å²) < 4.78 is 40.4. The number of carboxylic acid groups (broad SMARTS) is 1. The Labute approximate surface area is 105 Å². The summed E-state index contributed by atoms with van der Waals surface area (Å²) in [6.07, 6.45) is -0.392. The van der Waals surface area contributed by atoms with Gasteiger partial charge in [0.25, 0.3) is 0 Å². The average molecular weight is 271 g/mol. The Balaban J connectivity index is 2.51. The minimum Gasteiger partial charge on any atom is -0.481 e. The van der Waals surface area contributed by atoms with E-state index >= 15 is 0 Å². The van der Waals surface area contributed by atoms with Gasteiger partial charge in [-0.3, -0.25) is 4.79 Å². The number of hydrogen-bond acceptors (Lipinski definition) is 3. The zero-order valence-corrected chi connectivity index (χ0v) is 9.69. The molecule has 19 heavy (non-hydrogen) atoms. The van der Waals surface area contributed by atoms with Crippen LogP contribution in [-0.2, 0) is 11.2 Å². The van der Waals surface area contributed by atoms with Gasteiger partial charge in [0, 0.05) is 0 Å². The highest BCUT2D eigenvalue weighted by Crippen LogP contribution is 2.20. The van der Waals surface area contributed by atoms with E-state index in [1.54, 1.807) is 0 Å². The Bertz CT molecular complexity index is 655. The van der Waals surface area contributed by atoms with Crippen LogP contribution < -0.4 is 0 Å². The van der Waals surface area contributed by atoms with Crippen LogP contribution in [0.3, 0.4) is 0 Å². The molecule has 1 aromatic carbocycles. The fraction of sp³-hybridized carbons (Fsp3) is 0.182. The average Bonchev–Trinajstić information content (AvgIpc) is 2.68. The summed E-state index contributed by atoms with van der Waals surface area (Å²) in [5.74, 6) is -5.47. The lowest BCUT2D eigenvalue weighted by molar-refractivity contribution is -0.136. The minimum atomic E-state index is -1.62. The first kappa shape index (κ1) is 13.1. The molecule has 1 aromatic heterocycles. The number of rotatable bonds is 3. The second kappa shape index (κ2) is 4.71. The fourth-order valence-electron chi connectivity index (χ4n) is 1.58. The van der Waals surface area contributed by atoms with Crippen molar-refractivity contribution in [1.29, 1.82) is 0 Å². The molecular weight excluding hydrogens is 263 g/mol. The van der Waals surface area contributed by atoms with Crippen molar-refractivity contribution in [1.82, 2.24) is 15.0 Å². The Morgan fingerprint density at radius 1 is 1.32 bits per heavy atom. The van der Waals surface area contributed by atoms with E-state index in [1.165, 1.54) is 6.92 Å². The van der Waals surface area contributed by atoms with Crippen molar-refractivity contribution in [2.45, 2.75) is 13.3 Å². The number of hydrogen-bond donors (Lipinski definition) is 1. The van der Waals surface area contributed by atoms with Gasteiger partial charge < -0.3 is 5.11 Å². The highest BCUT2D eigenvalue weighted by Gasteiger charge is 2.19. The molecule has 0 unspecified atom stereocenters. The van der Waals surface area contributed by atoms with Crippen molar-refractivity contribution in [3.05, 3.63) is 41.0 Å². The number of carboxylic acids is 1. The fourth-order valence-corrected chi connectivity index (χ4v) is 1.58. The van der Waals surface area contributed by atoms with Crippen LogP contribution in [0.15, 0.2) is 12.1 Å². The largest absolute Gasteiger partial charge is 0.481 e. The first-order valence-corrected chi connectivity index (χ1v) is 5.18. The zero-order valence-electron chi connectivity index (χ0n) is 9.69. The molecule has 2 rings (SSSR count). The summed E-state index contributed by atoms with van der Waals surface area (Å²) in [6, 6.07) is 1.76. The van der Waals surface area contributed by atoms with Gasteiger partial charge in [-0.05, 0) is 19.1 Å². The van der Waals surface area contributed by atoms with Crippen molar-refractivity contribution >= 4 is 5.97 Å². The van der Waals surface area contributed by atoms with E-state index in [0.29, 0.717) is 0 Å². The van der Waals surface area contributed by atoms with Crippen LogP contribution in [0.4, 0.5) is 13.2 Å². The Hall–Kier alpha value is -2.38. The quantitative estimate of drug-likeness (QED) is 0.861. The normalized spacial score (nSPS) is 10.7. The number of carbonyl (C=O) groups is 1. The molecule has 0 aliphatic carbocycles. The second-order valence-electron chi connectivity index (χ2n) is 3.80. The van der Waals surface area contributed by atoms with E-state index in [2.05, 4.69) is 10.3 Å². The monoisotopic (exact) mass is 271 g/mol. The molecule has 0 aliphatic rings. The molecule has 8 heteroatoms. The third-order valence-corrected chi connectivity index (χ3v) is 2.55. The zero-order chi connectivity index (χ0) is 14.2. The molecule has 1 N–H and O–H groups in total. The smallest absolute Gasteiger partial charge is 0.309 e. The number of aromatic nitrogens is 3. The molecule has 100 valence electrons. The predicted octanol–water partition coefficient (Wildman–Crippen LogP) is 1.62. The lowest BCUT2D eigenvalue weighted by atomic mass is 10.2. The van der Waals surface area contributed by atoms with Crippen molar-refractivity contribution < 1.29 is 23.1 Å². The number of nitrogens with zero attached hydrogens (tertiary/aromatic N) is 3. The van der Waals surface area contributed by atoms with Crippen LogP contribution in [0.25, 0.3) is 5.69 Å². The maximum absolute atomic E-state index is 13.6. The summed E-state index contributed by atoms with van der Waals surface area (Å²) in [7, 11) is 0. The van der Waals surface area contributed by atoms with Gasteiger partial charge in [0.2, 0.25) is 0 Å². The lowest BCUT2D eigenvalue weighted by Crippen LogP contribution is -2.06. The van der Waals surface area contributed by atoms with Gasteiger partial charge in [0.1, 0.15) is 5.69 Å². The Morgan fingerprint density at radius 2 is 2.00 bits per heavy atom. The van der Waals surface area contributed by atoms with E-state index in [9.17, 15) is 18.0 Å².